The summed E-state index contributed by atoms with van der Waals surface area (Å²) in [6, 6.07) is 10.4. The number of anilines is 1. The first kappa shape index (κ1) is 17.3. The lowest BCUT2D eigenvalue weighted by atomic mass is 10.1. The molecule has 2 aromatic rings. The van der Waals surface area contributed by atoms with Crippen LogP contribution >= 0.6 is 0 Å². The molecular formula is C18H16FNO4. The van der Waals surface area contributed by atoms with Crippen molar-refractivity contribution in [2.45, 2.75) is 13.3 Å². The lowest BCUT2D eigenvalue weighted by molar-refractivity contribution is -0.134. The van der Waals surface area contributed by atoms with Crippen LogP contribution in [0.25, 0.3) is 0 Å². The van der Waals surface area contributed by atoms with Gasteiger partial charge < -0.3 is 10.1 Å². The predicted molar refractivity (Wildman–Crippen MR) is 86.7 cm³/mol. The summed E-state index contributed by atoms with van der Waals surface area (Å²) in [5.74, 6) is -2.37. The summed E-state index contributed by atoms with van der Waals surface area (Å²) in [4.78, 5) is 35.8. The minimum Gasteiger partial charge on any atom is -0.497 e. The molecule has 0 bridgehead atoms. The first-order valence-electron chi connectivity index (χ1n) is 7.18. The van der Waals surface area contributed by atoms with Crippen LogP contribution in [0.15, 0.2) is 42.5 Å². The molecule has 1 amide bonds. The normalized spacial score (nSPS) is 10.1. The number of aryl methyl sites for hydroxylation is 1. The van der Waals surface area contributed by atoms with Gasteiger partial charge in [-0.05, 0) is 36.8 Å². The molecule has 2 aromatic carbocycles. The lowest BCUT2D eigenvalue weighted by Crippen LogP contribution is -2.25. The van der Waals surface area contributed by atoms with Crippen molar-refractivity contribution in [3.8, 4) is 5.75 Å². The number of benzene rings is 2. The van der Waals surface area contributed by atoms with Crippen molar-refractivity contribution in [3.05, 3.63) is 59.4 Å². The fourth-order valence-corrected chi connectivity index (χ4v) is 2.00. The van der Waals surface area contributed by atoms with Crippen LogP contribution in [-0.4, -0.2) is 24.6 Å². The van der Waals surface area contributed by atoms with Crippen molar-refractivity contribution < 1.29 is 23.5 Å². The van der Waals surface area contributed by atoms with E-state index < -0.39 is 29.7 Å². The van der Waals surface area contributed by atoms with Crippen LogP contribution in [-0.2, 0) is 9.59 Å². The molecule has 5 nitrogen and oxygen atoms in total. The maximum Gasteiger partial charge on any atom is 0.292 e. The smallest absolute Gasteiger partial charge is 0.292 e. The number of nitrogens with one attached hydrogen (secondary N) is 1. The van der Waals surface area contributed by atoms with Gasteiger partial charge in [-0.2, -0.15) is 0 Å². The van der Waals surface area contributed by atoms with Crippen LogP contribution in [0, 0.1) is 12.7 Å². The Bertz CT molecular complexity index is 801. The Balaban J connectivity index is 2.01. The second-order valence-corrected chi connectivity index (χ2v) is 5.17. The summed E-state index contributed by atoms with van der Waals surface area (Å²) in [5, 5.41) is 2.28. The summed E-state index contributed by atoms with van der Waals surface area (Å²) in [6.45, 7) is 1.58. The van der Waals surface area contributed by atoms with Crippen molar-refractivity contribution in [1.29, 1.82) is 0 Å². The third-order valence-corrected chi connectivity index (χ3v) is 3.40. The molecule has 0 aliphatic heterocycles. The molecule has 0 radical (unpaired) electrons. The van der Waals surface area contributed by atoms with Gasteiger partial charge in [0.05, 0.1) is 13.5 Å². The lowest BCUT2D eigenvalue weighted by Gasteiger charge is -2.06. The Morgan fingerprint density at radius 3 is 2.54 bits per heavy atom. The molecule has 0 heterocycles. The van der Waals surface area contributed by atoms with E-state index in [1.807, 2.05) is 0 Å². The van der Waals surface area contributed by atoms with E-state index in [2.05, 4.69) is 5.32 Å². The molecule has 0 aromatic heterocycles. The zero-order chi connectivity index (χ0) is 17.7. The number of ketones is 2. The molecule has 0 saturated heterocycles. The third-order valence-electron chi connectivity index (χ3n) is 3.40. The monoisotopic (exact) mass is 329 g/mol. The van der Waals surface area contributed by atoms with Gasteiger partial charge in [0.15, 0.2) is 5.78 Å². The zero-order valence-corrected chi connectivity index (χ0v) is 13.3. The molecule has 0 unspecified atom stereocenters. The number of methoxy groups -OCH3 is 1. The standard InChI is InChI=1S/C18H16FNO4/c1-11-6-7-13(9-15(11)19)20-18(23)17(22)10-16(21)12-4-3-5-14(8-12)24-2/h3-9H,10H2,1-2H3,(H,20,23). The molecule has 0 atom stereocenters. The van der Waals surface area contributed by atoms with Crippen molar-refractivity contribution in [2.75, 3.05) is 12.4 Å². The van der Waals surface area contributed by atoms with Crippen molar-refractivity contribution in [2.24, 2.45) is 0 Å². The molecule has 124 valence electrons. The number of halogens is 1. The van der Waals surface area contributed by atoms with Crippen molar-refractivity contribution >= 4 is 23.2 Å². The first-order valence-corrected chi connectivity index (χ1v) is 7.18. The van der Waals surface area contributed by atoms with Crippen LogP contribution in [0.4, 0.5) is 10.1 Å². The minimum atomic E-state index is -0.963. The highest BCUT2D eigenvalue weighted by atomic mass is 19.1. The molecule has 24 heavy (non-hydrogen) atoms. The maximum absolute atomic E-state index is 13.4. The van der Waals surface area contributed by atoms with Gasteiger partial charge in [-0.1, -0.05) is 18.2 Å². The van der Waals surface area contributed by atoms with Gasteiger partial charge in [-0.25, -0.2) is 4.39 Å². The second-order valence-electron chi connectivity index (χ2n) is 5.17. The van der Waals surface area contributed by atoms with Gasteiger partial charge in [0, 0.05) is 11.3 Å². The van der Waals surface area contributed by atoms with E-state index in [-0.39, 0.29) is 11.3 Å². The summed E-state index contributed by atoms with van der Waals surface area (Å²) < 4.78 is 18.4. The van der Waals surface area contributed by atoms with Crippen LogP contribution in [0.5, 0.6) is 5.75 Å². The second kappa shape index (κ2) is 7.50. The highest BCUT2D eigenvalue weighted by Gasteiger charge is 2.19. The number of rotatable bonds is 6. The fourth-order valence-electron chi connectivity index (χ4n) is 2.00. The van der Waals surface area contributed by atoms with E-state index in [1.165, 1.54) is 31.4 Å². The Labute approximate surface area is 138 Å². The van der Waals surface area contributed by atoms with E-state index in [9.17, 15) is 18.8 Å². The number of carbonyl (C=O) groups is 3. The largest absolute Gasteiger partial charge is 0.497 e. The molecule has 6 heteroatoms. The van der Waals surface area contributed by atoms with Crippen molar-refractivity contribution in [3.63, 3.8) is 0 Å². The summed E-state index contributed by atoms with van der Waals surface area (Å²) >= 11 is 0. The molecule has 0 spiro atoms. The quantitative estimate of drug-likeness (QED) is 0.502. The Hall–Kier alpha value is -3.02. The molecule has 2 rings (SSSR count). The summed E-state index contributed by atoms with van der Waals surface area (Å²) in [5.41, 5.74) is 0.856. The number of carbonyl (C=O) groups excluding carboxylic acids is 3. The summed E-state index contributed by atoms with van der Waals surface area (Å²) in [7, 11) is 1.46. The molecule has 1 N–H and O–H groups in total. The fraction of sp³-hybridized carbons (Fsp3) is 0.167. The van der Waals surface area contributed by atoms with E-state index in [1.54, 1.807) is 19.1 Å². The number of hydrogen-bond donors (Lipinski definition) is 1. The average molecular weight is 329 g/mol. The predicted octanol–water partition coefficient (Wildman–Crippen LogP) is 2.92. The maximum atomic E-state index is 13.4. The van der Waals surface area contributed by atoms with Crippen LogP contribution in [0.2, 0.25) is 0 Å². The first-order chi connectivity index (χ1) is 11.4. The number of hydrogen-bond acceptors (Lipinski definition) is 4. The van der Waals surface area contributed by atoms with Gasteiger partial charge in [0.25, 0.3) is 5.91 Å². The van der Waals surface area contributed by atoms with Crippen molar-refractivity contribution in [1.82, 2.24) is 0 Å². The van der Waals surface area contributed by atoms with Crippen LogP contribution in [0.1, 0.15) is 22.3 Å². The highest BCUT2D eigenvalue weighted by molar-refractivity contribution is 6.44. The Kier molecular flexibility index (Phi) is 5.42. The van der Waals surface area contributed by atoms with Gasteiger partial charge >= 0.3 is 0 Å². The zero-order valence-electron chi connectivity index (χ0n) is 13.3. The SMILES string of the molecule is COc1cccc(C(=O)CC(=O)C(=O)Nc2ccc(C)c(F)c2)c1. The molecule has 0 saturated carbocycles. The van der Waals surface area contributed by atoms with Gasteiger partial charge in [-0.15, -0.1) is 0 Å². The van der Waals surface area contributed by atoms with Gasteiger partial charge in [-0.3, -0.25) is 14.4 Å². The summed E-state index contributed by atoms with van der Waals surface area (Å²) in [6.07, 6.45) is -0.576. The van der Waals surface area contributed by atoms with E-state index in [0.29, 0.717) is 11.3 Å². The molecule has 0 aliphatic carbocycles. The van der Waals surface area contributed by atoms with E-state index in [0.717, 1.165) is 6.07 Å². The molecular weight excluding hydrogens is 313 g/mol. The number of Topliss-reactive ketones (excluding diaryl/α,β-unsaturated/α-hetero) is 2. The number of amides is 1. The molecule has 0 fully saturated rings. The van der Waals surface area contributed by atoms with Crippen LogP contribution in [0.3, 0.4) is 0 Å². The van der Waals surface area contributed by atoms with E-state index in [4.69, 9.17) is 4.74 Å². The minimum absolute atomic E-state index is 0.158. The highest BCUT2D eigenvalue weighted by Crippen LogP contribution is 2.15. The topological polar surface area (TPSA) is 72.5 Å². The molecule has 0 aliphatic rings. The van der Waals surface area contributed by atoms with Crippen LogP contribution < -0.4 is 10.1 Å². The Morgan fingerprint density at radius 1 is 1.12 bits per heavy atom. The number of ether oxygens (including phenoxy) is 1. The van der Waals surface area contributed by atoms with E-state index >= 15 is 0 Å². The average Bonchev–Trinajstić information content (AvgIpc) is 2.58. The Morgan fingerprint density at radius 2 is 1.88 bits per heavy atom. The van der Waals surface area contributed by atoms with Gasteiger partial charge in [0.2, 0.25) is 5.78 Å². The third kappa shape index (κ3) is 4.25. The van der Waals surface area contributed by atoms with Gasteiger partial charge in [0.1, 0.15) is 11.6 Å².